The number of rotatable bonds is 9. The molecule has 0 aromatic heterocycles. The number of alkyl halides is 14. The first-order valence-electron chi connectivity index (χ1n) is 5.76. The molecule has 0 aliphatic rings. The van der Waals surface area contributed by atoms with Gasteiger partial charge in [-0.2, -0.15) is 52.7 Å². The van der Waals surface area contributed by atoms with E-state index in [-0.39, 0.29) is 4.43 Å². The Bertz CT molecular complexity index is 434. The van der Waals surface area contributed by atoms with Gasteiger partial charge in [0.2, 0.25) is 0 Å². The van der Waals surface area contributed by atoms with Crippen LogP contribution in [0, 0.1) is 0 Å². The molecule has 14 heteroatoms. The molecule has 0 spiro atoms. The van der Waals surface area contributed by atoms with Crippen LogP contribution in [-0.2, 0) is 0 Å². The first-order valence-corrected chi connectivity index (χ1v) is 8.81. The van der Waals surface area contributed by atoms with Crippen molar-refractivity contribution in [2.24, 2.45) is 0 Å². The van der Waals surface area contributed by atoms with E-state index in [4.69, 9.17) is 0 Å². The van der Waals surface area contributed by atoms with Gasteiger partial charge in [0.05, 0.1) is 4.43 Å². The fourth-order valence-electron chi connectivity index (χ4n) is 1.38. The second-order valence-electron chi connectivity index (χ2n) is 4.63. The molecule has 0 fully saturated rings. The fraction of sp³-hybridized carbons (Fsp3) is 1.00. The van der Waals surface area contributed by atoms with Gasteiger partial charge >= 0.3 is 35.5 Å². The normalized spacial score (nSPS) is 15.8. The molecule has 0 saturated carbocycles. The summed E-state index contributed by atoms with van der Waals surface area (Å²) in [6.07, 6.45) is -2.85. The van der Waals surface area contributed by atoms with Crippen molar-refractivity contribution in [2.45, 2.75) is 48.4 Å². The van der Waals surface area contributed by atoms with Crippen LogP contribution in [-0.4, -0.2) is 44.4 Å². The SMILES string of the molecule is FC(F)(CI)C(F)(F)C(F)(F)C(F)(F)C(F)(F)C(F)(F)CCCI. The zero-order chi connectivity index (χ0) is 19.8. The van der Waals surface area contributed by atoms with Crippen LogP contribution in [0.15, 0.2) is 0 Å². The van der Waals surface area contributed by atoms with Gasteiger partial charge in [0.15, 0.2) is 0 Å². The van der Waals surface area contributed by atoms with Gasteiger partial charge in [0.25, 0.3) is 0 Å². The van der Waals surface area contributed by atoms with Crippen LogP contribution in [0.4, 0.5) is 52.7 Å². The van der Waals surface area contributed by atoms with Crippen molar-refractivity contribution in [3.8, 4) is 0 Å². The van der Waals surface area contributed by atoms with Crippen molar-refractivity contribution < 1.29 is 52.7 Å². The molecular formula is C10H8F12I2. The third-order valence-corrected chi connectivity index (χ3v) is 4.61. The average molecular weight is 610 g/mol. The topological polar surface area (TPSA) is 0 Å². The third-order valence-electron chi connectivity index (χ3n) is 2.89. The van der Waals surface area contributed by atoms with Crippen LogP contribution in [0.2, 0.25) is 0 Å². The van der Waals surface area contributed by atoms with E-state index in [0.29, 0.717) is 22.6 Å². The maximum Gasteiger partial charge on any atom is 0.384 e. The summed E-state index contributed by atoms with van der Waals surface area (Å²) in [5.74, 6) is -40.5. The summed E-state index contributed by atoms with van der Waals surface area (Å²) in [6.45, 7) is 0. The second kappa shape index (κ2) is 7.32. The van der Waals surface area contributed by atoms with Crippen LogP contribution in [0.1, 0.15) is 12.8 Å². The predicted octanol–water partition coefficient (Wildman–Crippen LogP) is 6.45. The maximum atomic E-state index is 13.3. The summed E-state index contributed by atoms with van der Waals surface area (Å²) in [7, 11) is 0. The molecule has 0 aromatic carbocycles. The summed E-state index contributed by atoms with van der Waals surface area (Å²) in [6, 6.07) is 0. The Morgan fingerprint density at radius 3 is 1.12 bits per heavy atom. The third kappa shape index (κ3) is 3.68. The minimum atomic E-state index is -7.44. The summed E-state index contributed by atoms with van der Waals surface area (Å²) in [4.78, 5) is 0. The molecule has 0 atom stereocenters. The lowest BCUT2D eigenvalue weighted by molar-refractivity contribution is -0.422. The van der Waals surface area contributed by atoms with E-state index in [2.05, 4.69) is 0 Å². The summed E-state index contributed by atoms with van der Waals surface area (Å²) in [5.41, 5.74) is 0. The first kappa shape index (κ1) is 24.6. The summed E-state index contributed by atoms with van der Waals surface area (Å²) in [5, 5.41) is 0. The lowest BCUT2D eigenvalue weighted by atomic mass is 9.90. The molecule has 0 aliphatic heterocycles. The Labute approximate surface area is 155 Å². The molecule has 0 bridgehead atoms. The monoisotopic (exact) mass is 610 g/mol. The Balaban J connectivity index is 6.10. The second-order valence-corrected chi connectivity index (χ2v) is 6.47. The molecule has 0 heterocycles. The Morgan fingerprint density at radius 1 is 0.500 bits per heavy atom. The quantitative estimate of drug-likeness (QED) is 0.160. The van der Waals surface area contributed by atoms with E-state index < -0.39 is 52.8 Å². The fourth-order valence-corrected chi connectivity index (χ4v) is 2.24. The zero-order valence-electron chi connectivity index (χ0n) is 11.1. The molecule has 0 aromatic rings. The number of hydrogen-bond acceptors (Lipinski definition) is 0. The van der Waals surface area contributed by atoms with Gasteiger partial charge in [-0.3, -0.25) is 0 Å². The molecule has 0 radical (unpaired) electrons. The average Bonchev–Trinajstić information content (AvgIpc) is 2.43. The van der Waals surface area contributed by atoms with Crippen molar-refractivity contribution in [3.63, 3.8) is 0 Å². The van der Waals surface area contributed by atoms with Gasteiger partial charge in [-0.1, -0.05) is 45.2 Å². The molecule has 146 valence electrons. The summed E-state index contributed by atoms with van der Waals surface area (Å²) >= 11 is 1.82. The van der Waals surface area contributed by atoms with Crippen LogP contribution >= 0.6 is 45.2 Å². The van der Waals surface area contributed by atoms with E-state index in [1.165, 1.54) is 22.6 Å². The van der Waals surface area contributed by atoms with E-state index in [9.17, 15) is 52.7 Å². The maximum absolute atomic E-state index is 13.3. The van der Waals surface area contributed by atoms with Gasteiger partial charge in [0, 0.05) is 6.42 Å². The Kier molecular flexibility index (Phi) is 7.51. The molecule has 0 aliphatic carbocycles. The highest BCUT2D eigenvalue weighted by Crippen LogP contribution is 2.60. The first-order chi connectivity index (χ1) is 10.4. The van der Waals surface area contributed by atoms with Gasteiger partial charge in [-0.15, -0.1) is 0 Å². The lowest BCUT2D eigenvalue weighted by Gasteiger charge is -2.41. The van der Waals surface area contributed by atoms with Crippen LogP contribution in [0.3, 0.4) is 0 Å². The lowest BCUT2D eigenvalue weighted by Crippen LogP contribution is -2.70. The Morgan fingerprint density at radius 2 is 0.833 bits per heavy atom. The molecule has 0 amide bonds. The minimum absolute atomic E-state index is 0.255. The van der Waals surface area contributed by atoms with Crippen LogP contribution in [0.5, 0.6) is 0 Å². The standard InChI is InChI=1S/C10H8F12I2/c11-5(12,2-1-3-23)7(15,16)9(19,20)10(21,22)8(17,18)6(13,14)4-24/h1-4H2. The highest BCUT2D eigenvalue weighted by molar-refractivity contribution is 14.1. The highest BCUT2D eigenvalue weighted by Gasteiger charge is 2.89. The van der Waals surface area contributed by atoms with Crippen molar-refractivity contribution in [3.05, 3.63) is 0 Å². The molecule has 24 heavy (non-hydrogen) atoms. The zero-order valence-corrected chi connectivity index (χ0v) is 15.4. The van der Waals surface area contributed by atoms with E-state index in [1.54, 1.807) is 0 Å². The van der Waals surface area contributed by atoms with E-state index >= 15 is 0 Å². The molecule has 0 unspecified atom stereocenters. The van der Waals surface area contributed by atoms with Crippen molar-refractivity contribution in [1.29, 1.82) is 0 Å². The van der Waals surface area contributed by atoms with Gasteiger partial charge in [0.1, 0.15) is 0 Å². The number of halogens is 14. The van der Waals surface area contributed by atoms with Gasteiger partial charge < -0.3 is 0 Å². The van der Waals surface area contributed by atoms with Crippen molar-refractivity contribution in [1.82, 2.24) is 0 Å². The summed E-state index contributed by atoms with van der Waals surface area (Å²) < 4.78 is 155. The van der Waals surface area contributed by atoms with Crippen molar-refractivity contribution >= 4 is 45.2 Å². The predicted molar refractivity (Wildman–Crippen MR) is 76.7 cm³/mol. The minimum Gasteiger partial charge on any atom is -0.200 e. The van der Waals surface area contributed by atoms with Crippen LogP contribution in [0.25, 0.3) is 0 Å². The molecule has 0 N–H and O–H groups in total. The van der Waals surface area contributed by atoms with Crippen molar-refractivity contribution in [2.75, 3.05) is 8.86 Å². The highest BCUT2D eigenvalue weighted by atomic mass is 127. The largest absolute Gasteiger partial charge is 0.384 e. The molecular weight excluding hydrogens is 602 g/mol. The molecule has 0 saturated heterocycles. The molecule has 0 nitrogen and oxygen atoms in total. The Hall–Kier alpha value is 0.620. The van der Waals surface area contributed by atoms with Crippen LogP contribution < -0.4 is 0 Å². The van der Waals surface area contributed by atoms with E-state index in [0.717, 1.165) is 0 Å². The van der Waals surface area contributed by atoms with E-state index in [1.807, 2.05) is 0 Å². The number of hydrogen-bond donors (Lipinski definition) is 0. The van der Waals surface area contributed by atoms with Gasteiger partial charge in [-0.05, 0) is 10.8 Å². The smallest absolute Gasteiger partial charge is 0.200 e. The van der Waals surface area contributed by atoms with Gasteiger partial charge in [-0.25, -0.2) is 0 Å². The molecule has 0 rings (SSSR count).